The molecule has 3 nitrogen and oxygen atoms in total. The van der Waals surface area contributed by atoms with Crippen LogP contribution in [0.5, 0.6) is 11.5 Å². The van der Waals surface area contributed by atoms with E-state index in [2.05, 4.69) is 0 Å². The second-order valence-corrected chi connectivity index (χ2v) is 7.61. The highest BCUT2D eigenvalue weighted by molar-refractivity contribution is 6.35. The normalized spacial score (nSPS) is 14.2. The first-order valence-corrected chi connectivity index (χ1v) is 9.88. The van der Waals surface area contributed by atoms with Crippen LogP contribution >= 0.6 is 23.2 Å². The Bertz CT molecular complexity index is 1120. The molecule has 0 atom stereocenters. The van der Waals surface area contributed by atoms with Crippen LogP contribution < -0.4 is 9.47 Å². The number of carbonyl (C=O) groups excluding carboxylic acids is 1. The minimum atomic E-state index is 0.0808. The number of rotatable bonds is 5. The summed E-state index contributed by atoms with van der Waals surface area (Å²) < 4.78 is 11.4. The monoisotopic (exact) mass is 424 g/mol. The van der Waals surface area contributed by atoms with Crippen molar-refractivity contribution in [2.24, 2.45) is 0 Å². The zero-order chi connectivity index (χ0) is 20.4. The fourth-order valence-electron chi connectivity index (χ4n) is 3.36. The van der Waals surface area contributed by atoms with Gasteiger partial charge in [-0.3, -0.25) is 4.79 Å². The SMILES string of the molecule is COc1cc(C=C2Cc3ccccc3C2=O)ccc1OCc1ccc(Cl)cc1Cl. The molecule has 0 heterocycles. The van der Waals surface area contributed by atoms with Gasteiger partial charge in [-0.1, -0.05) is 59.6 Å². The van der Waals surface area contributed by atoms with Gasteiger partial charge in [-0.2, -0.15) is 0 Å². The fraction of sp³-hybridized carbons (Fsp3) is 0.125. The van der Waals surface area contributed by atoms with Crippen molar-refractivity contribution < 1.29 is 14.3 Å². The van der Waals surface area contributed by atoms with Gasteiger partial charge in [0.1, 0.15) is 6.61 Å². The van der Waals surface area contributed by atoms with Crippen molar-refractivity contribution >= 4 is 35.1 Å². The third-order valence-corrected chi connectivity index (χ3v) is 5.45. The average Bonchev–Trinajstić information content (AvgIpc) is 3.03. The van der Waals surface area contributed by atoms with E-state index in [1.54, 1.807) is 19.2 Å². The van der Waals surface area contributed by atoms with Gasteiger partial charge in [0.05, 0.1) is 7.11 Å². The van der Waals surface area contributed by atoms with Gasteiger partial charge in [0.25, 0.3) is 0 Å². The first-order valence-electron chi connectivity index (χ1n) is 9.13. The molecule has 0 aromatic heterocycles. The molecule has 0 aliphatic heterocycles. The largest absolute Gasteiger partial charge is 0.493 e. The number of Topliss-reactive ketones (excluding diaryl/α,β-unsaturated/α-hetero) is 1. The lowest BCUT2D eigenvalue weighted by Crippen LogP contribution is -1.99. The highest BCUT2D eigenvalue weighted by Crippen LogP contribution is 2.33. The molecule has 4 rings (SSSR count). The third-order valence-electron chi connectivity index (χ3n) is 4.86. The van der Waals surface area contributed by atoms with Crippen LogP contribution in [-0.4, -0.2) is 12.9 Å². The quantitative estimate of drug-likeness (QED) is 0.444. The zero-order valence-corrected chi connectivity index (χ0v) is 17.3. The van der Waals surface area contributed by atoms with Gasteiger partial charge in [0.15, 0.2) is 17.3 Å². The van der Waals surface area contributed by atoms with Gasteiger partial charge >= 0.3 is 0 Å². The van der Waals surface area contributed by atoms with E-state index in [0.717, 1.165) is 27.8 Å². The Kier molecular flexibility index (Phi) is 5.61. The maximum atomic E-state index is 12.6. The van der Waals surface area contributed by atoms with E-state index >= 15 is 0 Å². The first-order chi connectivity index (χ1) is 14.0. The summed E-state index contributed by atoms with van der Waals surface area (Å²) in [4.78, 5) is 12.6. The van der Waals surface area contributed by atoms with Gasteiger partial charge in [-0.05, 0) is 41.5 Å². The Morgan fingerprint density at radius 2 is 1.83 bits per heavy atom. The number of halogens is 2. The van der Waals surface area contributed by atoms with Crippen LogP contribution in [-0.2, 0) is 13.0 Å². The molecule has 0 amide bonds. The number of allylic oxidation sites excluding steroid dienone is 1. The Balaban J connectivity index is 1.54. The van der Waals surface area contributed by atoms with Crippen molar-refractivity contribution in [3.8, 4) is 11.5 Å². The summed E-state index contributed by atoms with van der Waals surface area (Å²) in [7, 11) is 1.59. The van der Waals surface area contributed by atoms with E-state index in [0.29, 0.717) is 34.6 Å². The molecule has 0 fully saturated rings. The lowest BCUT2D eigenvalue weighted by atomic mass is 10.1. The molecule has 0 saturated carbocycles. The number of ether oxygens (including phenoxy) is 2. The smallest absolute Gasteiger partial charge is 0.189 e. The van der Waals surface area contributed by atoms with Gasteiger partial charge in [0.2, 0.25) is 0 Å². The summed E-state index contributed by atoms with van der Waals surface area (Å²) in [6.07, 6.45) is 2.55. The Labute approximate surface area is 179 Å². The number of benzene rings is 3. The highest BCUT2D eigenvalue weighted by Gasteiger charge is 2.24. The predicted molar refractivity (Wildman–Crippen MR) is 116 cm³/mol. The molecule has 3 aromatic rings. The second-order valence-electron chi connectivity index (χ2n) is 6.77. The zero-order valence-electron chi connectivity index (χ0n) is 15.7. The molecule has 29 heavy (non-hydrogen) atoms. The number of carbonyl (C=O) groups is 1. The first kappa shape index (κ1) is 19.6. The van der Waals surface area contributed by atoms with Crippen molar-refractivity contribution in [3.05, 3.63) is 98.5 Å². The summed E-state index contributed by atoms with van der Waals surface area (Å²) in [5, 5.41) is 1.13. The predicted octanol–water partition coefficient (Wildman–Crippen LogP) is 6.40. The highest BCUT2D eigenvalue weighted by atomic mass is 35.5. The van der Waals surface area contributed by atoms with Gasteiger partial charge < -0.3 is 9.47 Å². The molecular formula is C24H18Cl2O3. The maximum absolute atomic E-state index is 12.6. The Hall–Kier alpha value is -2.75. The minimum Gasteiger partial charge on any atom is -0.493 e. The summed E-state index contributed by atoms with van der Waals surface area (Å²) in [6.45, 7) is 0.292. The topological polar surface area (TPSA) is 35.5 Å². The molecule has 1 aliphatic carbocycles. The molecule has 3 aromatic carbocycles. The number of hydrogen-bond donors (Lipinski definition) is 0. The number of hydrogen-bond acceptors (Lipinski definition) is 3. The maximum Gasteiger partial charge on any atom is 0.189 e. The molecule has 0 saturated heterocycles. The van der Waals surface area contributed by atoms with E-state index in [1.165, 1.54) is 0 Å². The van der Waals surface area contributed by atoms with Crippen LogP contribution in [0.4, 0.5) is 0 Å². The van der Waals surface area contributed by atoms with Crippen LogP contribution in [0.15, 0.2) is 66.2 Å². The van der Waals surface area contributed by atoms with Crippen molar-refractivity contribution in [1.29, 1.82) is 0 Å². The molecular weight excluding hydrogens is 407 g/mol. The van der Waals surface area contributed by atoms with Crippen LogP contribution in [0.2, 0.25) is 10.0 Å². The lowest BCUT2D eigenvalue weighted by molar-refractivity contribution is 0.104. The van der Waals surface area contributed by atoms with Crippen LogP contribution in [0.3, 0.4) is 0 Å². The fourth-order valence-corrected chi connectivity index (χ4v) is 3.82. The van der Waals surface area contributed by atoms with Gasteiger partial charge in [-0.25, -0.2) is 0 Å². The standard InChI is InChI=1S/C24H18Cl2O3/c1-28-23-11-15(10-18-12-16-4-2-3-5-20(16)24(18)27)6-9-22(23)29-14-17-7-8-19(25)13-21(17)26/h2-11,13H,12,14H2,1H3. The van der Waals surface area contributed by atoms with E-state index in [4.69, 9.17) is 32.7 Å². The minimum absolute atomic E-state index is 0.0808. The summed E-state index contributed by atoms with van der Waals surface area (Å²) >= 11 is 12.1. The van der Waals surface area contributed by atoms with Crippen LogP contribution in [0.1, 0.15) is 27.0 Å². The van der Waals surface area contributed by atoms with Crippen molar-refractivity contribution in [2.45, 2.75) is 13.0 Å². The Morgan fingerprint density at radius 1 is 1.00 bits per heavy atom. The molecule has 0 N–H and O–H groups in total. The second kappa shape index (κ2) is 8.32. The molecule has 0 bridgehead atoms. The number of methoxy groups -OCH3 is 1. The van der Waals surface area contributed by atoms with Crippen molar-refractivity contribution in [1.82, 2.24) is 0 Å². The molecule has 0 radical (unpaired) electrons. The molecule has 0 unspecified atom stereocenters. The van der Waals surface area contributed by atoms with Crippen molar-refractivity contribution in [3.63, 3.8) is 0 Å². The third kappa shape index (κ3) is 4.16. The van der Waals surface area contributed by atoms with Crippen molar-refractivity contribution in [2.75, 3.05) is 7.11 Å². The molecule has 146 valence electrons. The van der Waals surface area contributed by atoms with Gasteiger partial charge in [0, 0.05) is 33.2 Å². The number of fused-ring (bicyclic) bond motifs is 1. The molecule has 0 spiro atoms. The molecule has 1 aliphatic rings. The van der Waals surface area contributed by atoms with E-state index in [1.807, 2.05) is 54.6 Å². The van der Waals surface area contributed by atoms with E-state index in [9.17, 15) is 4.79 Å². The number of ketones is 1. The van der Waals surface area contributed by atoms with Crippen LogP contribution in [0, 0.1) is 0 Å². The molecule has 5 heteroatoms. The van der Waals surface area contributed by atoms with Crippen LogP contribution in [0.25, 0.3) is 6.08 Å². The Morgan fingerprint density at radius 3 is 2.59 bits per heavy atom. The average molecular weight is 425 g/mol. The van der Waals surface area contributed by atoms with Gasteiger partial charge in [-0.15, -0.1) is 0 Å². The van der Waals surface area contributed by atoms with E-state index in [-0.39, 0.29) is 5.78 Å². The summed E-state index contributed by atoms with van der Waals surface area (Å²) in [6, 6.07) is 18.6. The summed E-state index contributed by atoms with van der Waals surface area (Å²) in [5.41, 5.74) is 4.34. The van der Waals surface area contributed by atoms with E-state index < -0.39 is 0 Å². The lowest BCUT2D eigenvalue weighted by Gasteiger charge is -2.12. The summed E-state index contributed by atoms with van der Waals surface area (Å²) in [5.74, 6) is 1.27.